The van der Waals surface area contributed by atoms with E-state index >= 15 is 13.2 Å². The van der Waals surface area contributed by atoms with E-state index in [1.54, 1.807) is 37.6 Å². The number of ether oxygens (including phenoxy) is 5. The Morgan fingerprint density at radius 2 is 1.58 bits per heavy atom. The number of rotatable bonds is 22. The Balaban J connectivity index is 0.828. The number of nitrogens with one attached hydrogen (secondary N) is 3. The van der Waals surface area contributed by atoms with E-state index in [2.05, 4.69) is 20.6 Å². The molecule has 1 unspecified atom stereocenters. The van der Waals surface area contributed by atoms with E-state index < -0.39 is 70.6 Å². The van der Waals surface area contributed by atoms with Crippen molar-refractivity contribution < 1.29 is 56.0 Å². The molecule has 0 saturated carbocycles. The van der Waals surface area contributed by atoms with Gasteiger partial charge in [0.2, 0.25) is 17.7 Å². The van der Waals surface area contributed by atoms with E-state index in [0.29, 0.717) is 12.1 Å². The maximum Gasteiger partial charge on any atom is 0.302 e. The normalized spacial score (nSPS) is 18.6. The number of thiazole rings is 1. The third-order valence-corrected chi connectivity index (χ3v) is 13.9. The minimum Gasteiger partial charge on any atom is -0.491 e. The van der Waals surface area contributed by atoms with Gasteiger partial charge >= 0.3 is 5.97 Å². The molecule has 15 nitrogen and oxygen atoms in total. The van der Waals surface area contributed by atoms with Gasteiger partial charge in [0, 0.05) is 66.8 Å². The standard InChI is InChI=1S/C54H67F3N6O9S/c1-32-23-40-39-11-9-10-12-43(39)60-47(40)48(63(32)30-54(7,8)57)46-41(55)24-37(25-42(46)56)71-22-21-69-18-17-68-19-20-70-29-45(65)61-50(53(4,5)6)52(67)62-28-38(72-34(3)64)26-44(62)51(66)58-27-35-13-15-36(16-14-35)49-33(2)59-31-73-49/h9-16,24-25,31-32,38,44,48,50,60H,17-23,26-30H2,1-8H3,(H,58,66)(H,61,65)/t32-,38-,44+,48-,50?/m1/s1. The molecule has 0 spiro atoms. The molecule has 3 aromatic carbocycles. The fourth-order valence-corrected chi connectivity index (χ4v) is 10.3. The predicted molar refractivity (Wildman–Crippen MR) is 271 cm³/mol. The van der Waals surface area contributed by atoms with Gasteiger partial charge < -0.3 is 44.2 Å². The molecule has 0 bridgehead atoms. The molecule has 5 atom stereocenters. The van der Waals surface area contributed by atoms with E-state index in [9.17, 15) is 19.2 Å². The number of esters is 1. The zero-order valence-corrected chi connectivity index (χ0v) is 43.6. The first-order valence-corrected chi connectivity index (χ1v) is 25.5. The maximum atomic E-state index is 16.0. The smallest absolute Gasteiger partial charge is 0.302 e. The average molecular weight is 1030 g/mol. The highest BCUT2D eigenvalue weighted by Gasteiger charge is 2.46. The Hall–Kier alpha value is -5.86. The van der Waals surface area contributed by atoms with E-state index in [-0.39, 0.29) is 89.7 Å². The molecule has 0 aliphatic carbocycles. The van der Waals surface area contributed by atoms with Crippen LogP contribution in [0.25, 0.3) is 21.3 Å². The number of H-pyrrole nitrogens is 1. The third-order valence-electron chi connectivity index (χ3n) is 12.9. The fourth-order valence-electron chi connectivity index (χ4n) is 9.51. The minimum atomic E-state index is -1.62. The number of aromatic nitrogens is 2. The van der Waals surface area contributed by atoms with Crippen LogP contribution in [0.2, 0.25) is 0 Å². The number of carbonyl (C=O) groups excluding carboxylic acids is 4. The Morgan fingerprint density at radius 1 is 0.918 bits per heavy atom. The number of likely N-dealkylation sites (tertiary alicyclic amines) is 1. The number of para-hydroxylation sites is 1. The number of aromatic amines is 1. The lowest BCUT2D eigenvalue weighted by atomic mass is 9.85. The summed E-state index contributed by atoms with van der Waals surface area (Å²) in [5.41, 5.74) is 4.50. The number of benzene rings is 3. The first kappa shape index (κ1) is 54.9. The zero-order valence-electron chi connectivity index (χ0n) is 42.8. The molecule has 3 N–H and O–H groups in total. The van der Waals surface area contributed by atoms with Crippen molar-refractivity contribution >= 4 is 45.9 Å². The van der Waals surface area contributed by atoms with E-state index in [1.165, 1.54) is 25.7 Å². The van der Waals surface area contributed by atoms with E-state index in [4.69, 9.17) is 23.7 Å². The number of alkyl halides is 1. The van der Waals surface area contributed by atoms with Crippen molar-refractivity contribution in [2.24, 2.45) is 5.41 Å². The minimum absolute atomic E-state index is 0.00572. The molecular weight excluding hydrogens is 966 g/mol. The molecular formula is C54H67F3N6O9S. The van der Waals surface area contributed by atoms with Gasteiger partial charge in [-0.2, -0.15) is 0 Å². The van der Waals surface area contributed by atoms with E-state index in [0.717, 1.165) is 50.3 Å². The van der Waals surface area contributed by atoms with Crippen molar-refractivity contribution in [2.75, 3.05) is 59.3 Å². The molecule has 73 heavy (non-hydrogen) atoms. The van der Waals surface area contributed by atoms with Gasteiger partial charge in [0.25, 0.3) is 0 Å². The molecule has 19 heteroatoms. The highest BCUT2D eigenvalue weighted by Crippen LogP contribution is 2.44. The topological polar surface area (TPSA) is 174 Å². The molecule has 0 radical (unpaired) electrons. The van der Waals surface area contributed by atoms with Gasteiger partial charge in [-0.05, 0) is 62.3 Å². The van der Waals surface area contributed by atoms with Crippen LogP contribution in [0.15, 0.2) is 66.2 Å². The Kier molecular flexibility index (Phi) is 18.0. The Morgan fingerprint density at radius 3 is 2.21 bits per heavy atom. The quantitative estimate of drug-likeness (QED) is 0.0457. The van der Waals surface area contributed by atoms with Crippen molar-refractivity contribution in [2.45, 2.75) is 111 Å². The summed E-state index contributed by atoms with van der Waals surface area (Å²) in [7, 11) is 0. The summed E-state index contributed by atoms with van der Waals surface area (Å²) in [6.45, 7) is 14.0. The lowest BCUT2D eigenvalue weighted by Crippen LogP contribution is -2.58. The van der Waals surface area contributed by atoms with Gasteiger partial charge in [-0.15, -0.1) is 11.3 Å². The highest BCUT2D eigenvalue weighted by molar-refractivity contribution is 7.13. The molecule has 1 fully saturated rings. The van der Waals surface area contributed by atoms with Gasteiger partial charge in [-0.3, -0.25) is 24.1 Å². The highest BCUT2D eigenvalue weighted by atomic mass is 32.1. The summed E-state index contributed by atoms with van der Waals surface area (Å²) >= 11 is 1.55. The van der Waals surface area contributed by atoms with Crippen LogP contribution in [-0.4, -0.2) is 133 Å². The van der Waals surface area contributed by atoms with Crippen molar-refractivity contribution in [3.05, 3.63) is 106 Å². The second-order valence-electron chi connectivity index (χ2n) is 20.4. The number of nitrogens with zero attached hydrogens (tertiary/aromatic N) is 3. The van der Waals surface area contributed by atoms with Crippen LogP contribution in [-0.2, 0) is 51.1 Å². The molecule has 2 aliphatic heterocycles. The second kappa shape index (κ2) is 24.0. The van der Waals surface area contributed by atoms with Crippen LogP contribution < -0.4 is 15.4 Å². The zero-order chi connectivity index (χ0) is 52.6. The maximum absolute atomic E-state index is 16.0. The molecule has 2 aliphatic rings. The molecule has 7 rings (SSSR count). The molecule has 2 aromatic heterocycles. The third kappa shape index (κ3) is 14.1. The van der Waals surface area contributed by atoms with Crippen LogP contribution in [0.3, 0.4) is 0 Å². The second-order valence-corrected chi connectivity index (χ2v) is 21.2. The molecule has 3 amide bonds. The van der Waals surface area contributed by atoms with Crippen LogP contribution >= 0.6 is 11.3 Å². The summed E-state index contributed by atoms with van der Waals surface area (Å²) in [6.07, 6.45) is -0.0111. The number of aryl methyl sites for hydroxylation is 1. The van der Waals surface area contributed by atoms with Crippen molar-refractivity contribution in [1.29, 1.82) is 0 Å². The monoisotopic (exact) mass is 1030 g/mol. The van der Waals surface area contributed by atoms with Crippen molar-refractivity contribution in [3.63, 3.8) is 0 Å². The SMILES string of the molecule is CC(=O)O[C@@H]1C[C@@H](C(=O)NCc2ccc(-c3scnc3C)cc2)N(C(=O)C(NC(=O)COCCOCCOCCOc2cc(F)c([C@@H]3c4[nH]c5ccccc5c4C[C@@H](C)N3CC(C)(C)F)c(F)c2)C(C)(C)C)C1. The first-order chi connectivity index (χ1) is 34.7. The molecule has 394 valence electrons. The Bertz CT molecular complexity index is 2700. The summed E-state index contributed by atoms with van der Waals surface area (Å²) in [6, 6.07) is 14.7. The molecule has 5 aromatic rings. The van der Waals surface area contributed by atoms with Crippen LogP contribution in [0.4, 0.5) is 13.2 Å². The average Bonchev–Trinajstić information content (AvgIpc) is 4.05. The molecule has 4 heterocycles. The number of hydrogen-bond donors (Lipinski definition) is 3. The lowest BCUT2D eigenvalue weighted by molar-refractivity contribution is -0.147. The van der Waals surface area contributed by atoms with Gasteiger partial charge in [0.05, 0.1) is 61.7 Å². The van der Waals surface area contributed by atoms with E-state index in [1.807, 2.05) is 67.3 Å². The number of carbonyl (C=O) groups is 4. The van der Waals surface area contributed by atoms with Gasteiger partial charge in [0.15, 0.2) is 0 Å². The van der Waals surface area contributed by atoms with Crippen molar-refractivity contribution in [1.82, 2.24) is 30.4 Å². The van der Waals surface area contributed by atoms with Gasteiger partial charge in [-0.25, -0.2) is 18.2 Å². The predicted octanol–water partition coefficient (Wildman–Crippen LogP) is 7.77. The van der Waals surface area contributed by atoms with Crippen LogP contribution in [0.5, 0.6) is 5.75 Å². The number of amides is 3. The largest absolute Gasteiger partial charge is 0.491 e. The van der Waals surface area contributed by atoms with Crippen LogP contribution in [0, 0.1) is 24.0 Å². The first-order valence-electron chi connectivity index (χ1n) is 24.6. The summed E-state index contributed by atoms with van der Waals surface area (Å²) in [5, 5.41) is 6.69. The summed E-state index contributed by atoms with van der Waals surface area (Å²) in [4.78, 5) is 64.9. The van der Waals surface area contributed by atoms with Crippen LogP contribution in [0.1, 0.15) is 89.0 Å². The number of halogens is 3. The summed E-state index contributed by atoms with van der Waals surface area (Å²) < 4.78 is 75.0. The van der Waals surface area contributed by atoms with Crippen molar-refractivity contribution in [3.8, 4) is 16.2 Å². The number of hydrogen-bond acceptors (Lipinski definition) is 12. The van der Waals surface area contributed by atoms with Gasteiger partial charge in [0.1, 0.15) is 54.5 Å². The van der Waals surface area contributed by atoms with Gasteiger partial charge in [-0.1, -0.05) is 63.2 Å². The Labute approximate surface area is 428 Å². The fraction of sp³-hybridized carbons (Fsp3) is 0.500. The summed E-state index contributed by atoms with van der Waals surface area (Å²) in [5.74, 6) is -3.60. The number of fused-ring (bicyclic) bond motifs is 3. The lowest BCUT2D eigenvalue weighted by Gasteiger charge is -2.43. The molecule has 1 saturated heterocycles.